The van der Waals surface area contributed by atoms with E-state index in [0.29, 0.717) is 49.1 Å². The molecule has 344 valence electrons. The first kappa shape index (κ1) is 44.9. The van der Waals surface area contributed by atoms with E-state index in [-0.39, 0.29) is 36.7 Å². The summed E-state index contributed by atoms with van der Waals surface area (Å²) in [6.07, 6.45) is 2.98. The van der Waals surface area contributed by atoms with Crippen molar-refractivity contribution in [2.75, 3.05) is 76.4 Å². The summed E-state index contributed by atoms with van der Waals surface area (Å²) >= 11 is 0. The number of piperazine rings is 1. The molecule has 5 heterocycles. The van der Waals surface area contributed by atoms with E-state index in [2.05, 4.69) is 64.3 Å². The van der Waals surface area contributed by atoms with Crippen molar-refractivity contribution in [2.24, 2.45) is 0 Å². The topological polar surface area (TPSA) is 185 Å². The Labute approximate surface area is 392 Å². The summed E-state index contributed by atoms with van der Waals surface area (Å²) in [4.78, 5) is 69.0. The van der Waals surface area contributed by atoms with E-state index < -0.39 is 23.9 Å². The van der Waals surface area contributed by atoms with Crippen LogP contribution in [0.2, 0.25) is 0 Å². The first-order chi connectivity index (χ1) is 33.1. The lowest BCUT2D eigenvalue weighted by atomic mass is 10.1. The molecule has 68 heavy (non-hydrogen) atoms. The van der Waals surface area contributed by atoms with Crippen molar-refractivity contribution >= 4 is 35.0 Å². The number of aromatic nitrogens is 6. The third-order valence-corrected chi connectivity index (χ3v) is 11.7. The molecule has 0 aliphatic carbocycles. The van der Waals surface area contributed by atoms with Gasteiger partial charge in [-0.1, -0.05) is 84.3 Å². The average molecular weight is 913 g/mol. The van der Waals surface area contributed by atoms with Crippen molar-refractivity contribution in [3.8, 4) is 35.2 Å². The number of hydrogen-bond acceptors (Lipinski definition) is 12. The van der Waals surface area contributed by atoms with Gasteiger partial charge in [-0.25, -0.2) is 19.3 Å². The van der Waals surface area contributed by atoms with Crippen LogP contribution >= 0.6 is 0 Å². The van der Waals surface area contributed by atoms with Gasteiger partial charge in [0.2, 0.25) is 11.6 Å². The van der Waals surface area contributed by atoms with Gasteiger partial charge in [-0.3, -0.25) is 29.0 Å². The number of nitrogens with one attached hydrogen (secondary N) is 2. The standard InChI is InChI=1S/C50H48N12O6/c1-57-41-27-35(17-19-43(41)67-31-39(49(57)65)53-47(63)45-51-33-61(55-45)29-37-11-5-3-6-12-37)15-9-21-59-23-25-60(26-24-59)22-10-16-36-18-20-44-42(28-36)58(2)50(66)40(32-68-44)54-48(64)46-52-34-62(56-46)30-38-13-7-4-8-14-38/h3-8,11-14,17-20,27-28,33-34,39-40H,21-26,29-32H2,1-2H3,(H,53,63)(H,54,64)/t39-,40-/m0/s1. The Bertz CT molecular complexity index is 2740. The van der Waals surface area contributed by atoms with E-state index in [4.69, 9.17) is 9.47 Å². The number of anilines is 2. The molecule has 0 spiro atoms. The van der Waals surface area contributed by atoms with Gasteiger partial charge in [-0.05, 0) is 47.5 Å². The summed E-state index contributed by atoms with van der Waals surface area (Å²) in [5.74, 6) is 12.2. The van der Waals surface area contributed by atoms with Gasteiger partial charge < -0.3 is 29.9 Å². The Morgan fingerprint density at radius 1 is 0.603 bits per heavy atom. The zero-order chi connectivity index (χ0) is 47.0. The first-order valence-corrected chi connectivity index (χ1v) is 22.1. The van der Waals surface area contributed by atoms with Gasteiger partial charge >= 0.3 is 0 Å². The Morgan fingerprint density at radius 3 is 1.43 bits per heavy atom. The van der Waals surface area contributed by atoms with Crippen LogP contribution in [-0.2, 0) is 22.7 Å². The minimum absolute atomic E-state index is 0.0344. The summed E-state index contributed by atoms with van der Waals surface area (Å²) in [6, 6.07) is 28.5. The largest absolute Gasteiger partial charge is 0.489 e. The van der Waals surface area contributed by atoms with Crippen molar-refractivity contribution in [1.29, 1.82) is 0 Å². The summed E-state index contributed by atoms with van der Waals surface area (Å²) in [7, 11) is 3.30. The first-order valence-electron chi connectivity index (χ1n) is 22.1. The number of carbonyl (C=O) groups is 4. The number of carbonyl (C=O) groups excluding carboxylic acids is 4. The number of likely N-dealkylation sites (N-methyl/N-ethyl adjacent to an activating group) is 2. The molecule has 18 heteroatoms. The van der Waals surface area contributed by atoms with Crippen LogP contribution in [0, 0.1) is 23.7 Å². The summed E-state index contributed by atoms with van der Waals surface area (Å²) in [5, 5.41) is 14.1. The van der Waals surface area contributed by atoms with Crippen molar-refractivity contribution in [3.05, 3.63) is 144 Å². The van der Waals surface area contributed by atoms with Crippen LogP contribution in [0.4, 0.5) is 11.4 Å². The van der Waals surface area contributed by atoms with Crippen molar-refractivity contribution in [1.82, 2.24) is 50.0 Å². The van der Waals surface area contributed by atoms with E-state index in [1.807, 2.05) is 84.9 Å². The zero-order valence-electron chi connectivity index (χ0n) is 37.5. The van der Waals surface area contributed by atoms with Crippen LogP contribution in [0.1, 0.15) is 43.5 Å². The number of nitrogens with zero attached hydrogens (tertiary/aromatic N) is 10. The summed E-state index contributed by atoms with van der Waals surface area (Å²) in [6.45, 7) is 5.29. The smallest absolute Gasteiger partial charge is 0.291 e. The molecule has 1 saturated heterocycles. The summed E-state index contributed by atoms with van der Waals surface area (Å²) < 4.78 is 15.1. The maximum atomic E-state index is 13.5. The molecule has 3 aliphatic rings. The van der Waals surface area contributed by atoms with Gasteiger partial charge in [0.15, 0.2) is 0 Å². The van der Waals surface area contributed by atoms with Gasteiger partial charge in [-0.2, -0.15) is 0 Å². The quantitative estimate of drug-likeness (QED) is 0.192. The van der Waals surface area contributed by atoms with Crippen molar-refractivity contribution in [3.63, 3.8) is 0 Å². The van der Waals surface area contributed by atoms with E-state index in [1.54, 1.807) is 35.6 Å². The number of amides is 4. The molecule has 4 aromatic carbocycles. The molecule has 2 atom stereocenters. The number of rotatable bonds is 10. The fourth-order valence-corrected chi connectivity index (χ4v) is 7.91. The van der Waals surface area contributed by atoms with Crippen LogP contribution in [0.3, 0.4) is 0 Å². The van der Waals surface area contributed by atoms with Gasteiger partial charge in [0.25, 0.3) is 23.6 Å². The molecule has 0 saturated carbocycles. The molecule has 9 rings (SSSR count). The minimum Gasteiger partial charge on any atom is -0.489 e. The fourth-order valence-electron chi connectivity index (χ4n) is 7.91. The monoisotopic (exact) mass is 912 g/mol. The second-order valence-corrected chi connectivity index (χ2v) is 16.5. The number of benzene rings is 4. The lowest BCUT2D eigenvalue weighted by molar-refractivity contribution is -0.121. The molecule has 3 aliphatic heterocycles. The predicted molar refractivity (Wildman–Crippen MR) is 251 cm³/mol. The Morgan fingerprint density at radius 2 is 1.01 bits per heavy atom. The molecule has 4 amide bonds. The molecule has 1 fully saturated rings. The Kier molecular flexibility index (Phi) is 13.5. The van der Waals surface area contributed by atoms with Gasteiger partial charge in [0, 0.05) is 51.4 Å². The average Bonchev–Trinajstić information content (AvgIpc) is 4.00. The lowest BCUT2D eigenvalue weighted by Gasteiger charge is -2.32. The normalized spacial score (nSPS) is 17.1. The maximum absolute atomic E-state index is 13.5. The molecular formula is C50H48N12O6. The van der Waals surface area contributed by atoms with Crippen LogP contribution < -0.4 is 29.9 Å². The van der Waals surface area contributed by atoms with Crippen molar-refractivity contribution in [2.45, 2.75) is 25.2 Å². The number of fused-ring (bicyclic) bond motifs is 2. The Balaban J connectivity index is 0.723. The molecule has 2 aromatic heterocycles. The molecule has 0 unspecified atom stereocenters. The maximum Gasteiger partial charge on any atom is 0.291 e. The van der Waals surface area contributed by atoms with Crippen LogP contribution in [0.5, 0.6) is 11.5 Å². The van der Waals surface area contributed by atoms with E-state index in [1.165, 1.54) is 22.5 Å². The molecule has 6 aromatic rings. The highest BCUT2D eigenvalue weighted by Gasteiger charge is 2.33. The molecule has 2 N–H and O–H groups in total. The SMILES string of the molecule is CN1C(=O)[C@@H](NC(=O)c2ncn(Cc3ccccc3)n2)COc2ccc(C#CCN3CCN(CC#Cc4ccc5c(c4)N(C)C(=O)[C@@H](NC(=O)c4ncn(Cc6ccccc6)n4)CO5)CC3)cc21. The minimum atomic E-state index is -0.942. The van der Waals surface area contributed by atoms with Gasteiger partial charge in [0.05, 0.1) is 37.6 Å². The van der Waals surface area contributed by atoms with Gasteiger partial charge in [-0.15, -0.1) is 10.2 Å². The molecule has 18 nitrogen and oxygen atoms in total. The highest BCUT2D eigenvalue weighted by molar-refractivity contribution is 6.03. The zero-order valence-corrected chi connectivity index (χ0v) is 37.5. The third kappa shape index (κ3) is 10.7. The predicted octanol–water partition coefficient (Wildman–Crippen LogP) is 2.29. The summed E-state index contributed by atoms with van der Waals surface area (Å²) in [5.41, 5.74) is 4.63. The van der Waals surface area contributed by atoms with Gasteiger partial charge in [0.1, 0.15) is 49.5 Å². The van der Waals surface area contributed by atoms with Crippen LogP contribution in [0.25, 0.3) is 0 Å². The van der Waals surface area contributed by atoms with Crippen LogP contribution in [-0.4, -0.2) is 142 Å². The third-order valence-electron chi connectivity index (χ3n) is 11.7. The molecular weight excluding hydrogens is 865 g/mol. The van der Waals surface area contributed by atoms with Crippen LogP contribution in [0.15, 0.2) is 110 Å². The second-order valence-electron chi connectivity index (χ2n) is 16.5. The lowest BCUT2D eigenvalue weighted by Crippen LogP contribution is -2.49. The number of ether oxygens (including phenoxy) is 2. The Hall–Kier alpha value is -8.32. The molecule has 0 bridgehead atoms. The van der Waals surface area contributed by atoms with Crippen molar-refractivity contribution < 1.29 is 28.7 Å². The van der Waals surface area contributed by atoms with E-state index >= 15 is 0 Å². The highest BCUT2D eigenvalue weighted by atomic mass is 16.5. The number of hydrogen-bond donors (Lipinski definition) is 2. The van der Waals surface area contributed by atoms with E-state index in [0.717, 1.165) is 48.4 Å². The highest BCUT2D eigenvalue weighted by Crippen LogP contribution is 2.33. The van der Waals surface area contributed by atoms with E-state index in [9.17, 15) is 19.2 Å². The second kappa shape index (κ2) is 20.5. The fraction of sp³-hybridized carbons (Fsp3) is 0.280. The molecule has 0 radical (unpaired) electrons.